The van der Waals surface area contributed by atoms with Crippen LogP contribution in [0.2, 0.25) is 0 Å². The molecule has 8 nitrogen and oxygen atoms in total. The molecule has 0 aliphatic carbocycles. The summed E-state index contributed by atoms with van der Waals surface area (Å²) < 4.78 is 0. The minimum absolute atomic E-state index is 0.0816. The van der Waals surface area contributed by atoms with Gasteiger partial charge in [-0.25, -0.2) is 0 Å². The molecule has 0 unspecified atom stereocenters. The van der Waals surface area contributed by atoms with Gasteiger partial charge in [0.1, 0.15) is 0 Å². The molecule has 2 N–H and O–H groups in total. The molecule has 0 saturated heterocycles. The van der Waals surface area contributed by atoms with Crippen molar-refractivity contribution >= 4 is 78.5 Å². The molecule has 0 radical (unpaired) electrons. The molecule has 0 fully saturated rings. The van der Waals surface area contributed by atoms with Gasteiger partial charge in [0.25, 0.3) is 11.4 Å². The maximum Gasteiger partial charge on any atom is 0.269 e. The normalized spacial score (nSPS) is 11.6. The van der Waals surface area contributed by atoms with Gasteiger partial charge in [0.15, 0.2) is 0 Å². The highest BCUT2D eigenvalue weighted by Crippen LogP contribution is 2.38. The third-order valence-corrected chi connectivity index (χ3v) is 8.82. The first-order valence-corrected chi connectivity index (χ1v) is 13.9. The fourth-order valence-electron chi connectivity index (χ4n) is 4.94. The smallest absolute Gasteiger partial charge is 0.269 e. The van der Waals surface area contributed by atoms with E-state index in [1.807, 2.05) is 0 Å². The van der Waals surface area contributed by atoms with E-state index < -0.39 is 9.85 Å². The van der Waals surface area contributed by atoms with Crippen molar-refractivity contribution in [2.24, 2.45) is 0 Å². The molecular weight excluding hydrogens is 544 g/mol. The number of nitrogens with zero attached hydrogens (tertiary/aromatic N) is 2. The second-order valence-corrected chi connectivity index (χ2v) is 11.6. The average molecular weight is 563 g/mol. The molecule has 0 aliphatic rings. The van der Waals surface area contributed by atoms with Crippen LogP contribution in [-0.2, 0) is 0 Å². The van der Waals surface area contributed by atoms with Crippen LogP contribution in [-0.4, -0.2) is 19.8 Å². The lowest BCUT2D eigenvalue weighted by atomic mass is 10.1. The topological polar surface area (TPSA) is 118 Å². The van der Waals surface area contributed by atoms with E-state index in [0.29, 0.717) is 0 Å². The van der Waals surface area contributed by atoms with E-state index in [-0.39, 0.29) is 11.4 Å². The lowest BCUT2D eigenvalue weighted by Gasteiger charge is -2.02. The Hall–Kier alpha value is -4.80. The first-order valence-electron chi connectivity index (χ1n) is 12.3. The second kappa shape index (κ2) is 9.44. The molecule has 0 saturated carbocycles. The molecule has 2 aromatic heterocycles. The fourth-order valence-corrected chi connectivity index (χ4v) is 6.65. The van der Waals surface area contributed by atoms with Crippen LogP contribution in [0.15, 0.2) is 117 Å². The lowest BCUT2D eigenvalue weighted by molar-refractivity contribution is -0.385. The maximum atomic E-state index is 10.9. The van der Waals surface area contributed by atoms with Gasteiger partial charge in [0, 0.05) is 87.5 Å². The van der Waals surface area contributed by atoms with Crippen molar-refractivity contribution in [1.82, 2.24) is 9.97 Å². The number of H-pyrrole nitrogens is 2. The monoisotopic (exact) mass is 562 g/mol. The van der Waals surface area contributed by atoms with E-state index in [9.17, 15) is 20.2 Å². The molecule has 0 amide bonds. The van der Waals surface area contributed by atoms with Gasteiger partial charge in [0.2, 0.25) is 0 Å². The Balaban J connectivity index is 1.20. The van der Waals surface area contributed by atoms with Gasteiger partial charge in [-0.3, -0.25) is 20.2 Å². The van der Waals surface area contributed by atoms with Crippen molar-refractivity contribution < 1.29 is 9.85 Å². The Morgan fingerprint density at radius 2 is 0.800 bits per heavy atom. The van der Waals surface area contributed by atoms with Gasteiger partial charge in [-0.2, -0.15) is 0 Å². The molecule has 0 aliphatic heterocycles. The van der Waals surface area contributed by atoms with Crippen LogP contribution in [0.3, 0.4) is 0 Å². The van der Waals surface area contributed by atoms with E-state index in [1.165, 1.54) is 24.3 Å². The van der Waals surface area contributed by atoms with Gasteiger partial charge in [-0.15, -0.1) is 0 Å². The van der Waals surface area contributed by atoms with Gasteiger partial charge in [0.05, 0.1) is 9.85 Å². The summed E-state index contributed by atoms with van der Waals surface area (Å²) in [5.41, 5.74) is 4.31. The summed E-state index contributed by atoms with van der Waals surface area (Å²) in [5.74, 6) is 0. The fraction of sp³-hybridized carbons (Fsp3) is 0. The van der Waals surface area contributed by atoms with Crippen LogP contribution < -0.4 is 0 Å². The van der Waals surface area contributed by atoms with Crippen molar-refractivity contribution in [3.63, 3.8) is 0 Å². The Labute approximate surface area is 234 Å². The number of nitro groups is 2. The molecule has 194 valence electrons. The average Bonchev–Trinajstić information content (AvgIpc) is 3.48. The summed E-state index contributed by atoms with van der Waals surface area (Å²) in [7, 11) is 0. The summed E-state index contributed by atoms with van der Waals surface area (Å²) in [5, 5.41) is 26.3. The quantitative estimate of drug-likeness (QED) is 0.154. The predicted molar refractivity (Wildman–Crippen MR) is 160 cm³/mol. The highest BCUT2D eigenvalue weighted by Gasteiger charge is 2.13. The van der Waals surface area contributed by atoms with Crippen LogP contribution in [0.1, 0.15) is 0 Å². The van der Waals surface area contributed by atoms with Crippen LogP contribution in [0, 0.1) is 20.2 Å². The SMILES string of the molecule is O=[N+]([O-])c1ccc(Sc2ccc3c(c2)[nH]c2cc4c(cc23)[nH]c2cc(Sc3ccc([N+](=O)[O-])cc3)ccc24)cc1. The Kier molecular flexibility index (Phi) is 5.72. The number of nitrogens with one attached hydrogen (secondary N) is 2. The molecule has 40 heavy (non-hydrogen) atoms. The largest absolute Gasteiger partial charge is 0.354 e. The Morgan fingerprint density at radius 3 is 1.18 bits per heavy atom. The van der Waals surface area contributed by atoms with Crippen LogP contribution in [0.4, 0.5) is 11.4 Å². The number of benzene rings is 5. The summed E-state index contributed by atoms with van der Waals surface area (Å²) in [4.78, 5) is 32.1. The van der Waals surface area contributed by atoms with E-state index in [4.69, 9.17) is 0 Å². The molecular formula is C30H18N4O4S2. The van der Waals surface area contributed by atoms with Gasteiger partial charge in [-0.05, 0) is 60.7 Å². The summed E-state index contributed by atoms with van der Waals surface area (Å²) in [6, 6.07) is 30.1. The van der Waals surface area contributed by atoms with Crippen LogP contribution in [0.25, 0.3) is 43.6 Å². The van der Waals surface area contributed by atoms with Crippen molar-refractivity contribution in [3.05, 3.63) is 117 Å². The zero-order valence-corrected chi connectivity index (χ0v) is 22.2. The van der Waals surface area contributed by atoms with Gasteiger partial charge < -0.3 is 9.97 Å². The highest BCUT2D eigenvalue weighted by atomic mass is 32.2. The third kappa shape index (κ3) is 4.33. The maximum absolute atomic E-state index is 10.9. The Bertz CT molecular complexity index is 1960. The summed E-state index contributed by atoms with van der Waals surface area (Å²) in [6.07, 6.45) is 0. The minimum Gasteiger partial charge on any atom is -0.354 e. The van der Waals surface area contributed by atoms with E-state index in [2.05, 4.69) is 58.5 Å². The van der Waals surface area contributed by atoms with Crippen molar-refractivity contribution in [2.75, 3.05) is 0 Å². The molecule has 0 spiro atoms. The highest BCUT2D eigenvalue weighted by molar-refractivity contribution is 7.99. The molecule has 7 rings (SSSR count). The number of rotatable bonds is 6. The summed E-state index contributed by atoms with van der Waals surface area (Å²) >= 11 is 3.12. The number of fused-ring (bicyclic) bond motifs is 6. The number of aromatic amines is 2. The molecule has 10 heteroatoms. The molecule has 7 aromatic rings. The number of hydrogen-bond donors (Lipinski definition) is 2. The van der Waals surface area contributed by atoms with Crippen molar-refractivity contribution in [2.45, 2.75) is 19.6 Å². The summed E-state index contributed by atoms with van der Waals surface area (Å²) in [6.45, 7) is 0. The molecule has 2 heterocycles. The van der Waals surface area contributed by atoms with Gasteiger partial charge >= 0.3 is 0 Å². The zero-order chi connectivity index (χ0) is 27.4. The Morgan fingerprint density at radius 1 is 0.450 bits per heavy atom. The minimum atomic E-state index is -0.393. The lowest BCUT2D eigenvalue weighted by Crippen LogP contribution is -1.86. The van der Waals surface area contributed by atoms with Crippen molar-refractivity contribution in [1.29, 1.82) is 0 Å². The van der Waals surface area contributed by atoms with Crippen LogP contribution >= 0.6 is 23.5 Å². The standard InChI is InChI=1S/C30H18N4O4S2/c35-33(36)17-1-5-19(6-2-17)39-21-9-11-23-25-15-30-26(16-29(25)31-27(23)13-21)24-12-10-22(14-28(24)32-30)40-20-7-3-18(4-8-20)34(37)38/h1-16,31-32H. The van der Waals surface area contributed by atoms with E-state index >= 15 is 0 Å². The predicted octanol–water partition coefficient (Wildman–Crippen LogP) is 9.07. The molecule has 0 bridgehead atoms. The zero-order valence-electron chi connectivity index (χ0n) is 20.6. The van der Waals surface area contributed by atoms with Crippen molar-refractivity contribution in [3.8, 4) is 0 Å². The van der Waals surface area contributed by atoms with E-state index in [0.717, 1.165) is 63.2 Å². The number of hydrogen-bond acceptors (Lipinski definition) is 6. The second-order valence-electron chi connectivity index (χ2n) is 9.31. The number of aromatic nitrogens is 2. The van der Waals surface area contributed by atoms with E-state index in [1.54, 1.807) is 47.8 Å². The molecule has 5 aromatic carbocycles. The first-order chi connectivity index (χ1) is 19.4. The van der Waals surface area contributed by atoms with Crippen LogP contribution in [0.5, 0.6) is 0 Å². The number of non-ortho nitro benzene ring substituents is 2. The third-order valence-electron chi connectivity index (χ3n) is 6.83. The number of nitro benzene ring substituents is 2. The first kappa shape index (κ1) is 24.3. The van der Waals surface area contributed by atoms with Gasteiger partial charge in [-0.1, -0.05) is 35.7 Å². The molecule has 0 atom stereocenters.